The van der Waals surface area contributed by atoms with Crippen LogP contribution in [0.4, 0.5) is 4.39 Å². The SMILES string of the molecule is CCc1noc(CC)c1C(Cc1ccc(F)cc1Cl)C(N)=O. The zero-order chi connectivity index (χ0) is 16.3. The van der Waals surface area contributed by atoms with E-state index in [1.54, 1.807) is 6.07 Å². The molecule has 1 aromatic heterocycles. The van der Waals surface area contributed by atoms with Crippen LogP contribution in [0.25, 0.3) is 0 Å². The van der Waals surface area contributed by atoms with Gasteiger partial charge < -0.3 is 10.3 Å². The van der Waals surface area contributed by atoms with Crippen molar-refractivity contribution in [3.05, 3.63) is 51.6 Å². The lowest BCUT2D eigenvalue weighted by Crippen LogP contribution is -2.25. The first-order valence-electron chi connectivity index (χ1n) is 7.18. The molecule has 2 rings (SSSR count). The Morgan fingerprint density at radius 2 is 2.14 bits per heavy atom. The second kappa shape index (κ2) is 6.92. The Hall–Kier alpha value is -1.88. The fraction of sp³-hybridized carbons (Fsp3) is 0.375. The Bertz CT molecular complexity index is 663. The third-order valence-electron chi connectivity index (χ3n) is 3.66. The zero-order valence-corrected chi connectivity index (χ0v) is 13.3. The lowest BCUT2D eigenvalue weighted by atomic mass is 9.88. The van der Waals surface area contributed by atoms with Crippen molar-refractivity contribution in [3.63, 3.8) is 0 Å². The summed E-state index contributed by atoms with van der Waals surface area (Å²) in [4.78, 5) is 12.0. The molecule has 22 heavy (non-hydrogen) atoms. The maximum Gasteiger partial charge on any atom is 0.225 e. The monoisotopic (exact) mass is 324 g/mol. The minimum atomic E-state index is -0.598. The van der Waals surface area contributed by atoms with Gasteiger partial charge in [0.1, 0.15) is 11.6 Å². The van der Waals surface area contributed by atoms with E-state index in [4.69, 9.17) is 21.9 Å². The van der Waals surface area contributed by atoms with Crippen LogP contribution in [0.2, 0.25) is 5.02 Å². The van der Waals surface area contributed by atoms with Crippen LogP contribution in [0.15, 0.2) is 22.7 Å². The number of carbonyl (C=O) groups excluding carboxylic acids is 1. The Morgan fingerprint density at radius 3 is 2.68 bits per heavy atom. The van der Waals surface area contributed by atoms with Crippen molar-refractivity contribution in [1.82, 2.24) is 5.16 Å². The zero-order valence-electron chi connectivity index (χ0n) is 12.5. The minimum Gasteiger partial charge on any atom is -0.369 e. The molecular formula is C16H18ClFN2O2. The number of amides is 1. The van der Waals surface area contributed by atoms with Gasteiger partial charge >= 0.3 is 0 Å². The minimum absolute atomic E-state index is 0.277. The molecule has 118 valence electrons. The molecule has 0 aliphatic rings. The number of nitrogens with two attached hydrogens (primary N) is 1. The molecule has 0 saturated carbocycles. The van der Waals surface area contributed by atoms with E-state index in [1.165, 1.54) is 12.1 Å². The molecule has 0 aliphatic heterocycles. The summed E-state index contributed by atoms with van der Waals surface area (Å²) in [5.74, 6) is -0.844. The lowest BCUT2D eigenvalue weighted by Gasteiger charge is -2.15. The van der Waals surface area contributed by atoms with Crippen molar-refractivity contribution in [2.45, 2.75) is 39.0 Å². The standard InChI is InChI=1S/C16H18ClFN2O2/c1-3-13-15(14(4-2)22-20-13)11(16(19)21)7-9-5-6-10(18)8-12(9)17/h5-6,8,11H,3-4,7H2,1-2H3,(H2,19,21). The van der Waals surface area contributed by atoms with Gasteiger partial charge in [-0.3, -0.25) is 4.79 Å². The van der Waals surface area contributed by atoms with Gasteiger partial charge in [0.15, 0.2) is 0 Å². The largest absolute Gasteiger partial charge is 0.369 e. The van der Waals surface area contributed by atoms with Gasteiger partial charge in [0.25, 0.3) is 0 Å². The summed E-state index contributed by atoms with van der Waals surface area (Å²) in [5.41, 5.74) is 7.70. The van der Waals surface area contributed by atoms with Gasteiger partial charge in [-0.25, -0.2) is 4.39 Å². The fourth-order valence-electron chi connectivity index (χ4n) is 2.53. The first-order valence-corrected chi connectivity index (χ1v) is 7.56. The maximum absolute atomic E-state index is 13.2. The molecule has 0 aliphatic carbocycles. The van der Waals surface area contributed by atoms with E-state index in [2.05, 4.69) is 5.16 Å². The Labute approximate surface area is 133 Å². The van der Waals surface area contributed by atoms with Crippen molar-refractivity contribution in [3.8, 4) is 0 Å². The Morgan fingerprint density at radius 1 is 1.41 bits per heavy atom. The predicted molar refractivity (Wildman–Crippen MR) is 82.3 cm³/mol. The smallest absolute Gasteiger partial charge is 0.225 e. The van der Waals surface area contributed by atoms with E-state index in [0.29, 0.717) is 24.2 Å². The molecule has 0 radical (unpaired) electrons. The van der Waals surface area contributed by atoms with Gasteiger partial charge in [0, 0.05) is 17.0 Å². The molecule has 1 aromatic carbocycles. The Balaban J connectivity index is 2.43. The van der Waals surface area contributed by atoms with Crippen LogP contribution in [0.5, 0.6) is 0 Å². The second-order valence-corrected chi connectivity index (χ2v) is 5.48. The van der Waals surface area contributed by atoms with Crippen molar-refractivity contribution >= 4 is 17.5 Å². The molecule has 2 N–H and O–H groups in total. The maximum atomic E-state index is 13.2. The van der Waals surface area contributed by atoms with Crippen LogP contribution in [0.1, 0.15) is 42.3 Å². The van der Waals surface area contributed by atoms with Crippen LogP contribution in [0.3, 0.4) is 0 Å². The molecule has 6 heteroatoms. The fourth-order valence-corrected chi connectivity index (χ4v) is 2.77. The number of nitrogens with zero attached hydrogens (tertiary/aromatic N) is 1. The molecule has 1 heterocycles. The number of aromatic nitrogens is 1. The Kier molecular flexibility index (Phi) is 5.19. The number of rotatable bonds is 6. The van der Waals surface area contributed by atoms with E-state index >= 15 is 0 Å². The van der Waals surface area contributed by atoms with Crippen LogP contribution in [-0.2, 0) is 24.1 Å². The molecular weight excluding hydrogens is 307 g/mol. The summed E-state index contributed by atoms with van der Waals surface area (Å²) in [5, 5.41) is 4.29. The molecule has 1 amide bonds. The first-order chi connectivity index (χ1) is 10.5. The van der Waals surface area contributed by atoms with Crippen LogP contribution >= 0.6 is 11.6 Å². The number of carbonyl (C=O) groups is 1. The van der Waals surface area contributed by atoms with Gasteiger partial charge in [-0.2, -0.15) is 0 Å². The van der Waals surface area contributed by atoms with Gasteiger partial charge in [-0.1, -0.05) is 36.7 Å². The normalized spacial score (nSPS) is 12.4. The average Bonchev–Trinajstić information content (AvgIpc) is 2.88. The van der Waals surface area contributed by atoms with Crippen molar-refractivity contribution in [2.75, 3.05) is 0 Å². The predicted octanol–water partition coefficient (Wildman–Crippen LogP) is 3.40. The number of hydrogen-bond donors (Lipinski definition) is 1. The van der Waals surface area contributed by atoms with Crippen molar-refractivity contribution < 1.29 is 13.7 Å². The number of hydrogen-bond acceptors (Lipinski definition) is 3. The topological polar surface area (TPSA) is 69.1 Å². The van der Waals surface area contributed by atoms with Gasteiger partial charge in [0.05, 0.1) is 11.6 Å². The highest BCUT2D eigenvalue weighted by molar-refractivity contribution is 6.31. The number of halogens is 2. The molecule has 0 fully saturated rings. The molecule has 0 saturated heterocycles. The highest BCUT2D eigenvalue weighted by Gasteiger charge is 2.28. The highest BCUT2D eigenvalue weighted by Crippen LogP contribution is 2.30. The van der Waals surface area contributed by atoms with E-state index in [0.717, 1.165) is 11.3 Å². The quantitative estimate of drug-likeness (QED) is 0.885. The molecule has 1 atom stereocenters. The van der Waals surface area contributed by atoms with E-state index in [-0.39, 0.29) is 11.4 Å². The second-order valence-electron chi connectivity index (χ2n) is 5.07. The highest BCUT2D eigenvalue weighted by atomic mass is 35.5. The van der Waals surface area contributed by atoms with Crippen molar-refractivity contribution in [2.24, 2.45) is 5.73 Å². The number of primary amides is 1. The first kappa shape index (κ1) is 16.5. The summed E-state index contributed by atoms with van der Waals surface area (Å²) in [6.45, 7) is 3.86. The van der Waals surface area contributed by atoms with Crippen LogP contribution in [-0.4, -0.2) is 11.1 Å². The van der Waals surface area contributed by atoms with E-state index in [1.807, 2.05) is 13.8 Å². The number of aryl methyl sites for hydroxylation is 2. The molecule has 1 unspecified atom stereocenters. The van der Waals surface area contributed by atoms with Crippen molar-refractivity contribution in [1.29, 1.82) is 0 Å². The molecule has 2 aromatic rings. The number of benzene rings is 1. The summed E-state index contributed by atoms with van der Waals surface area (Å²) in [6.07, 6.45) is 1.54. The van der Waals surface area contributed by atoms with Crippen LogP contribution in [0, 0.1) is 5.82 Å². The third kappa shape index (κ3) is 3.30. The lowest BCUT2D eigenvalue weighted by molar-refractivity contribution is -0.119. The van der Waals surface area contributed by atoms with Crippen LogP contribution < -0.4 is 5.73 Å². The summed E-state index contributed by atoms with van der Waals surface area (Å²) < 4.78 is 18.5. The van der Waals surface area contributed by atoms with Gasteiger partial charge in [0.2, 0.25) is 5.91 Å². The summed E-state index contributed by atoms with van der Waals surface area (Å²) in [6, 6.07) is 4.11. The molecule has 0 bridgehead atoms. The summed E-state index contributed by atoms with van der Waals surface area (Å²) >= 11 is 6.06. The average molecular weight is 325 g/mol. The summed E-state index contributed by atoms with van der Waals surface area (Å²) in [7, 11) is 0. The van der Waals surface area contributed by atoms with E-state index < -0.39 is 17.6 Å². The van der Waals surface area contributed by atoms with Gasteiger partial charge in [-0.15, -0.1) is 0 Å². The third-order valence-corrected chi connectivity index (χ3v) is 4.02. The van der Waals surface area contributed by atoms with E-state index in [9.17, 15) is 9.18 Å². The van der Waals surface area contributed by atoms with Gasteiger partial charge in [-0.05, 0) is 30.5 Å². The molecule has 4 nitrogen and oxygen atoms in total. The molecule has 0 spiro atoms.